The van der Waals surface area contributed by atoms with Gasteiger partial charge in [-0.3, -0.25) is 0 Å². The van der Waals surface area contributed by atoms with Crippen LogP contribution in [0.25, 0.3) is 0 Å². The maximum absolute atomic E-state index is 11.4. The summed E-state index contributed by atoms with van der Waals surface area (Å²) in [6, 6.07) is 3.17. The number of hydrogen-bond donors (Lipinski definition) is 2. The first kappa shape index (κ1) is 10.1. The first-order valence-corrected chi connectivity index (χ1v) is 6.24. The van der Waals surface area contributed by atoms with Crippen LogP contribution in [0.3, 0.4) is 0 Å². The lowest BCUT2D eigenvalue weighted by Gasteiger charge is -2.05. The van der Waals surface area contributed by atoms with Crippen molar-refractivity contribution in [3.8, 4) is 0 Å². The maximum Gasteiger partial charge on any atom is 0.241 e. The lowest BCUT2D eigenvalue weighted by molar-refractivity contribution is 0.279. The fourth-order valence-corrected chi connectivity index (χ4v) is 3.26. The van der Waals surface area contributed by atoms with Crippen LogP contribution in [-0.2, 0) is 23.2 Å². The molecule has 0 aromatic heterocycles. The number of sulfonamides is 1. The van der Waals surface area contributed by atoms with E-state index in [-0.39, 0.29) is 18.0 Å². The second-order valence-electron chi connectivity index (χ2n) is 2.99. The van der Waals surface area contributed by atoms with Gasteiger partial charge in [0.1, 0.15) is 0 Å². The summed E-state index contributed by atoms with van der Waals surface area (Å²) in [7, 11) is -3.34. The van der Waals surface area contributed by atoms with Crippen molar-refractivity contribution in [2.24, 2.45) is 0 Å². The third-order valence-corrected chi connectivity index (χ3v) is 4.45. The van der Waals surface area contributed by atoms with Gasteiger partial charge in [-0.2, -0.15) is 0 Å². The topological polar surface area (TPSA) is 66.4 Å². The molecule has 1 aliphatic rings. The predicted octanol–water partition coefficient (Wildman–Crippen LogP) is 0.733. The Morgan fingerprint density at radius 1 is 1.50 bits per heavy atom. The number of rotatable bonds is 1. The van der Waals surface area contributed by atoms with Gasteiger partial charge < -0.3 is 5.11 Å². The van der Waals surface area contributed by atoms with E-state index in [0.29, 0.717) is 11.1 Å². The molecule has 0 atom stereocenters. The molecule has 1 aromatic rings. The van der Waals surface area contributed by atoms with E-state index < -0.39 is 10.0 Å². The van der Waals surface area contributed by atoms with E-state index in [1.165, 1.54) is 6.07 Å². The summed E-state index contributed by atoms with van der Waals surface area (Å²) < 4.78 is 26.0. The standard InChI is InChI=1S/C8H8BrNO3S/c9-7-1-2-8-5(6(7)4-11)3-10-14(8,12)13/h1-2,10-11H,3-4H2. The molecule has 0 unspecified atom stereocenters. The molecule has 0 saturated heterocycles. The van der Waals surface area contributed by atoms with Crippen molar-refractivity contribution in [2.75, 3.05) is 0 Å². The highest BCUT2D eigenvalue weighted by Crippen LogP contribution is 2.30. The van der Waals surface area contributed by atoms with Gasteiger partial charge in [0.2, 0.25) is 10.0 Å². The molecular formula is C8H8BrNO3S. The monoisotopic (exact) mass is 277 g/mol. The van der Waals surface area contributed by atoms with Crippen molar-refractivity contribution in [1.29, 1.82) is 0 Å². The number of fused-ring (bicyclic) bond motifs is 1. The van der Waals surface area contributed by atoms with E-state index >= 15 is 0 Å². The Labute approximate surface area is 90.1 Å². The molecule has 76 valence electrons. The van der Waals surface area contributed by atoms with Gasteiger partial charge in [-0.1, -0.05) is 15.9 Å². The molecule has 0 saturated carbocycles. The summed E-state index contributed by atoms with van der Waals surface area (Å²) in [4.78, 5) is 0.268. The van der Waals surface area contributed by atoms with Crippen LogP contribution in [-0.4, -0.2) is 13.5 Å². The van der Waals surface area contributed by atoms with E-state index in [1.807, 2.05) is 0 Å². The fourth-order valence-electron chi connectivity index (χ4n) is 1.50. The van der Waals surface area contributed by atoms with Gasteiger partial charge in [0, 0.05) is 11.0 Å². The first-order valence-electron chi connectivity index (χ1n) is 3.97. The van der Waals surface area contributed by atoms with Crippen molar-refractivity contribution in [3.63, 3.8) is 0 Å². The lowest BCUT2D eigenvalue weighted by atomic mass is 10.1. The number of aliphatic hydroxyl groups is 1. The summed E-state index contributed by atoms with van der Waals surface area (Å²) in [6.45, 7) is 0.0912. The molecule has 0 amide bonds. The van der Waals surface area contributed by atoms with Crippen LogP contribution in [0.15, 0.2) is 21.5 Å². The Balaban J connectivity index is 2.74. The van der Waals surface area contributed by atoms with Gasteiger partial charge in [0.05, 0.1) is 11.5 Å². The zero-order valence-corrected chi connectivity index (χ0v) is 9.52. The second-order valence-corrected chi connectivity index (χ2v) is 5.58. The van der Waals surface area contributed by atoms with Crippen LogP contribution in [0.5, 0.6) is 0 Å². The molecule has 1 heterocycles. The Kier molecular flexibility index (Phi) is 2.38. The summed E-state index contributed by atoms with van der Waals surface area (Å²) >= 11 is 3.26. The fraction of sp³-hybridized carbons (Fsp3) is 0.250. The zero-order valence-electron chi connectivity index (χ0n) is 7.12. The molecule has 0 spiro atoms. The molecule has 2 rings (SSSR count). The molecule has 0 radical (unpaired) electrons. The Morgan fingerprint density at radius 3 is 2.86 bits per heavy atom. The van der Waals surface area contributed by atoms with Crippen molar-refractivity contribution in [2.45, 2.75) is 18.0 Å². The van der Waals surface area contributed by atoms with Crippen LogP contribution < -0.4 is 4.72 Å². The molecule has 0 aliphatic carbocycles. The number of hydrogen-bond acceptors (Lipinski definition) is 3. The maximum atomic E-state index is 11.4. The quantitative estimate of drug-likeness (QED) is 0.796. The van der Waals surface area contributed by atoms with Gasteiger partial charge >= 0.3 is 0 Å². The minimum atomic E-state index is -3.34. The Bertz CT molecular complexity index is 484. The van der Waals surface area contributed by atoms with Crippen molar-refractivity contribution >= 4 is 26.0 Å². The van der Waals surface area contributed by atoms with Gasteiger partial charge in [0.15, 0.2) is 0 Å². The SMILES string of the molecule is O=S1(=O)NCc2c1ccc(Br)c2CO. The summed E-state index contributed by atoms with van der Waals surface area (Å²) in [6.07, 6.45) is 0. The minimum Gasteiger partial charge on any atom is -0.392 e. The van der Waals surface area contributed by atoms with E-state index in [4.69, 9.17) is 5.11 Å². The second kappa shape index (κ2) is 3.30. The van der Waals surface area contributed by atoms with Crippen LogP contribution in [0.2, 0.25) is 0 Å². The largest absolute Gasteiger partial charge is 0.392 e. The van der Waals surface area contributed by atoms with Crippen molar-refractivity contribution < 1.29 is 13.5 Å². The van der Waals surface area contributed by atoms with E-state index in [1.54, 1.807) is 6.07 Å². The smallest absolute Gasteiger partial charge is 0.241 e. The highest BCUT2D eigenvalue weighted by molar-refractivity contribution is 9.10. The summed E-state index contributed by atoms with van der Waals surface area (Å²) in [5, 5.41) is 9.10. The van der Waals surface area contributed by atoms with E-state index in [9.17, 15) is 8.42 Å². The predicted molar refractivity (Wildman–Crippen MR) is 54.1 cm³/mol. The summed E-state index contributed by atoms with van der Waals surface area (Å²) in [5.74, 6) is 0. The first-order chi connectivity index (χ1) is 6.56. The minimum absolute atomic E-state index is 0.166. The van der Waals surface area contributed by atoms with E-state index in [0.717, 1.165) is 4.47 Å². The number of aliphatic hydroxyl groups excluding tert-OH is 1. The molecule has 1 aliphatic heterocycles. The van der Waals surface area contributed by atoms with Crippen molar-refractivity contribution in [1.82, 2.24) is 4.72 Å². The van der Waals surface area contributed by atoms with Crippen molar-refractivity contribution in [3.05, 3.63) is 27.7 Å². The van der Waals surface area contributed by atoms with Crippen LogP contribution in [0.1, 0.15) is 11.1 Å². The lowest BCUT2D eigenvalue weighted by Crippen LogP contribution is -2.13. The molecule has 14 heavy (non-hydrogen) atoms. The third-order valence-electron chi connectivity index (χ3n) is 2.22. The van der Waals surface area contributed by atoms with Crippen LogP contribution >= 0.6 is 15.9 Å². The Hall–Kier alpha value is -0.430. The molecule has 0 fully saturated rings. The number of nitrogens with one attached hydrogen (secondary N) is 1. The zero-order chi connectivity index (χ0) is 10.3. The van der Waals surface area contributed by atoms with Gasteiger partial charge in [-0.05, 0) is 23.3 Å². The summed E-state index contributed by atoms with van der Waals surface area (Å²) in [5.41, 5.74) is 1.29. The van der Waals surface area contributed by atoms with Gasteiger partial charge in [-0.25, -0.2) is 13.1 Å². The molecule has 0 bridgehead atoms. The molecule has 6 heteroatoms. The highest BCUT2D eigenvalue weighted by atomic mass is 79.9. The highest BCUT2D eigenvalue weighted by Gasteiger charge is 2.28. The van der Waals surface area contributed by atoms with Crippen LogP contribution in [0, 0.1) is 0 Å². The molecular weight excluding hydrogens is 270 g/mol. The third kappa shape index (κ3) is 1.38. The normalized spacial score (nSPS) is 18.1. The van der Waals surface area contributed by atoms with E-state index in [2.05, 4.69) is 20.7 Å². The molecule has 1 aromatic carbocycles. The average Bonchev–Trinajstić information content (AvgIpc) is 2.42. The van der Waals surface area contributed by atoms with Crippen LogP contribution in [0.4, 0.5) is 0 Å². The number of benzene rings is 1. The molecule has 2 N–H and O–H groups in total. The Morgan fingerprint density at radius 2 is 2.21 bits per heavy atom. The number of halogens is 1. The average molecular weight is 278 g/mol. The van der Waals surface area contributed by atoms with Gasteiger partial charge in [-0.15, -0.1) is 0 Å². The molecule has 4 nitrogen and oxygen atoms in total. The van der Waals surface area contributed by atoms with Gasteiger partial charge in [0.25, 0.3) is 0 Å².